The molecule has 4 N–H and O–H groups in total. The molecule has 0 saturated carbocycles. The lowest BCUT2D eigenvalue weighted by Gasteiger charge is -2.37. The predicted octanol–water partition coefficient (Wildman–Crippen LogP) is -0.0666. The Morgan fingerprint density at radius 3 is 1.91 bits per heavy atom. The number of carbonyl (C=O) groups excluding carboxylic acids is 1. The molecule has 0 aromatic heterocycles. The van der Waals surface area contributed by atoms with E-state index in [2.05, 4.69) is 50.5 Å². The summed E-state index contributed by atoms with van der Waals surface area (Å²) < 4.78 is 2.01. The van der Waals surface area contributed by atoms with Gasteiger partial charge in [0.2, 0.25) is 0 Å². The topological polar surface area (TPSA) is 107 Å². The second-order valence-corrected chi connectivity index (χ2v) is 9.02. The van der Waals surface area contributed by atoms with Crippen molar-refractivity contribution in [2.45, 2.75) is 21.5 Å². The van der Waals surface area contributed by atoms with Crippen molar-refractivity contribution in [1.82, 2.24) is 0 Å². The first-order valence-electron chi connectivity index (χ1n) is 6.67. The number of aliphatic hydroxyl groups excluding tert-OH is 4. The van der Waals surface area contributed by atoms with Crippen LogP contribution in [0.2, 0.25) is 0 Å². The summed E-state index contributed by atoms with van der Waals surface area (Å²) in [7, 11) is 0. The van der Waals surface area contributed by atoms with E-state index in [1.165, 1.54) is 0 Å². The summed E-state index contributed by atoms with van der Waals surface area (Å²) >= 11 is 17.0. The highest BCUT2D eigenvalue weighted by Crippen LogP contribution is 2.46. The molecule has 0 fully saturated rings. The van der Waals surface area contributed by atoms with Crippen molar-refractivity contribution in [3.63, 3.8) is 0 Å². The van der Waals surface area contributed by atoms with Gasteiger partial charge in [0.25, 0.3) is 0 Å². The van der Waals surface area contributed by atoms with Gasteiger partial charge < -0.3 is 25.2 Å². The number of carbonyl (C=O) groups is 1. The van der Waals surface area contributed by atoms with Crippen LogP contribution in [0.5, 0.6) is 0 Å². The van der Waals surface area contributed by atoms with Gasteiger partial charge in [-0.2, -0.15) is 25.3 Å². The minimum atomic E-state index is -1.71. The van der Waals surface area contributed by atoms with Crippen LogP contribution in [0, 0.1) is 5.41 Å². The van der Waals surface area contributed by atoms with Crippen molar-refractivity contribution in [1.29, 1.82) is 0 Å². The van der Waals surface area contributed by atoms with Crippen LogP contribution < -0.4 is 0 Å². The molecule has 0 spiro atoms. The Morgan fingerprint density at radius 1 is 1.04 bits per heavy atom. The molecule has 0 rings (SSSR count). The van der Waals surface area contributed by atoms with Gasteiger partial charge in [0.05, 0.1) is 35.9 Å². The second kappa shape index (κ2) is 9.81. The highest BCUT2D eigenvalue weighted by atomic mass is 32.2. The lowest BCUT2D eigenvalue weighted by atomic mass is 9.92. The van der Waals surface area contributed by atoms with Crippen LogP contribution in [0.1, 0.15) is 13.3 Å². The molecule has 0 atom stereocenters. The quantitative estimate of drug-likeness (QED) is 0.112. The van der Waals surface area contributed by atoms with E-state index in [-0.39, 0.29) is 13.0 Å². The number of hydrogen-bond acceptors (Lipinski definition) is 10. The van der Waals surface area contributed by atoms with Crippen molar-refractivity contribution in [3.05, 3.63) is 11.6 Å². The van der Waals surface area contributed by atoms with Gasteiger partial charge in [-0.25, -0.2) is 4.79 Å². The minimum absolute atomic E-state index is 0.161. The van der Waals surface area contributed by atoms with E-state index in [0.29, 0.717) is 0 Å². The number of ether oxygens (including phenoxy) is 1. The fraction of sp³-hybridized carbons (Fsp3) is 0.769. The van der Waals surface area contributed by atoms with Crippen LogP contribution in [0.15, 0.2) is 11.6 Å². The predicted molar refractivity (Wildman–Crippen MR) is 102 cm³/mol. The maximum atomic E-state index is 12.3. The average Bonchev–Trinajstić information content (AvgIpc) is 2.48. The first-order valence-corrected chi connectivity index (χ1v) is 8.46. The molecule has 0 aliphatic rings. The molecule has 0 aliphatic heterocycles. The zero-order chi connectivity index (χ0) is 18.3. The summed E-state index contributed by atoms with van der Waals surface area (Å²) in [5, 5.41) is 36.5. The maximum absolute atomic E-state index is 12.3. The van der Waals surface area contributed by atoms with Gasteiger partial charge in [-0.05, 0) is 13.3 Å². The molecule has 0 amide bonds. The van der Waals surface area contributed by atoms with Crippen LogP contribution in [0.3, 0.4) is 0 Å². The lowest BCUT2D eigenvalue weighted by Crippen LogP contribution is -2.47. The Bertz CT molecular complexity index is 412. The zero-order valence-electron chi connectivity index (χ0n) is 12.7. The van der Waals surface area contributed by atoms with E-state index < -0.39 is 46.0 Å². The summed E-state index contributed by atoms with van der Waals surface area (Å²) in [6, 6.07) is 0. The van der Waals surface area contributed by atoms with E-state index >= 15 is 0 Å². The Hall–Kier alpha value is 0.450. The van der Waals surface area contributed by atoms with Gasteiger partial charge in [0.15, 0.2) is 4.08 Å². The Labute approximate surface area is 158 Å². The third-order valence-corrected chi connectivity index (χ3v) is 6.14. The fourth-order valence-electron chi connectivity index (χ4n) is 1.51. The maximum Gasteiger partial charge on any atom is 0.334 e. The molecule has 0 aromatic carbocycles. The highest BCUT2D eigenvalue weighted by molar-refractivity contribution is 8.09. The molecule has 0 aromatic rings. The molecular weight excluding hydrogens is 380 g/mol. The van der Waals surface area contributed by atoms with Gasteiger partial charge in [0.1, 0.15) is 6.61 Å². The third kappa shape index (κ3) is 6.35. The van der Waals surface area contributed by atoms with Crippen LogP contribution in [0.25, 0.3) is 0 Å². The summed E-state index contributed by atoms with van der Waals surface area (Å²) in [6.45, 7) is -0.540. The molecule has 0 unspecified atom stereocenters. The monoisotopic (exact) mass is 404 g/mol. The van der Waals surface area contributed by atoms with E-state index in [0.717, 1.165) is 5.57 Å². The summed E-state index contributed by atoms with van der Waals surface area (Å²) in [5.74, 6) is -0.884. The highest BCUT2D eigenvalue weighted by Gasteiger charge is 2.49. The van der Waals surface area contributed by atoms with Crippen LogP contribution in [-0.4, -0.2) is 67.6 Å². The van der Waals surface area contributed by atoms with Gasteiger partial charge in [-0.3, -0.25) is 0 Å². The Morgan fingerprint density at radius 2 is 1.52 bits per heavy atom. The second-order valence-electron chi connectivity index (χ2n) is 5.45. The Kier molecular flexibility index (Phi) is 10.0. The number of esters is 1. The van der Waals surface area contributed by atoms with E-state index in [9.17, 15) is 20.1 Å². The molecule has 6 nitrogen and oxygen atoms in total. The molecule has 0 heterocycles. The largest absolute Gasteiger partial charge is 0.463 e. The average molecular weight is 405 g/mol. The zero-order valence-corrected chi connectivity index (χ0v) is 16.3. The minimum Gasteiger partial charge on any atom is -0.463 e. The van der Waals surface area contributed by atoms with Gasteiger partial charge in [-0.15, -0.1) is 25.3 Å². The van der Waals surface area contributed by atoms with Crippen molar-refractivity contribution in [2.75, 3.05) is 33.0 Å². The summed E-state index contributed by atoms with van der Waals surface area (Å²) in [6.07, 6.45) is 1.73. The standard InChI is InChI=1S/C13H24O6S4/c1-9(2-3-14)4-12(20,21)13(22,23)10(18)19-8-11(5-15,6-16)7-17/h2,14-17,20-23H,3-8H2,1H3. The summed E-state index contributed by atoms with van der Waals surface area (Å²) in [5.41, 5.74) is -0.622. The van der Waals surface area contributed by atoms with Crippen molar-refractivity contribution in [3.8, 4) is 0 Å². The van der Waals surface area contributed by atoms with Crippen LogP contribution in [-0.2, 0) is 9.53 Å². The number of allylic oxidation sites excluding steroid dienone is 1. The Balaban J connectivity index is 5.05. The molecule has 0 radical (unpaired) electrons. The number of aliphatic hydroxyl groups is 4. The van der Waals surface area contributed by atoms with Crippen molar-refractivity contribution in [2.24, 2.45) is 5.41 Å². The van der Waals surface area contributed by atoms with Crippen LogP contribution in [0.4, 0.5) is 0 Å². The molecular formula is C13H24O6S4. The molecule has 0 saturated heterocycles. The normalized spacial score (nSPS) is 14.0. The molecule has 0 bridgehead atoms. The molecule has 136 valence electrons. The summed E-state index contributed by atoms with van der Waals surface area (Å²) in [4.78, 5) is 12.3. The molecule has 0 aliphatic carbocycles. The van der Waals surface area contributed by atoms with Gasteiger partial charge >= 0.3 is 5.97 Å². The van der Waals surface area contributed by atoms with Crippen molar-refractivity contribution < 1.29 is 30.0 Å². The van der Waals surface area contributed by atoms with E-state index in [1.807, 2.05) is 0 Å². The van der Waals surface area contributed by atoms with Gasteiger partial charge in [-0.1, -0.05) is 11.6 Å². The van der Waals surface area contributed by atoms with Crippen LogP contribution >= 0.6 is 50.5 Å². The number of thiol groups is 4. The number of rotatable bonds is 10. The van der Waals surface area contributed by atoms with E-state index in [4.69, 9.17) is 9.84 Å². The fourth-order valence-corrected chi connectivity index (χ4v) is 2.48. The number of hydrogen-bond donors (Lipinski definition) is 8. The first-order chi connectivity index (χ1) is 10.5. The molecule has 23 heavy (non-hydrogen) atoms. The van der Waals surface area contributed by atoms with Crippen molar-refractivity contribution >= 4 is 56.5 Å². The van der Waals surface area contributed by atoms with E-state index in [1.54, 1.807) is 13.0 Å². The molecule has 10 heteroatoms. The van der Waals surface area contributed by atoms with Gasteiger partial charge in [0, 0.05) is 0 Å². The SMILES string of the molecule is CC(=CCO)CC(S)(S)C(S)(S)C(=O)OCC(CO)(CO)CO. The third-order valence-electron chi connectivity index (χ3n) is 3.32. The lowest BCUT2D eigenvalue weighted by molar-refractivity contribution is -0.151. The smallest absolute Gasteiger partial charge is 0.334 e. The first kappa shape index (κ1) is 23.4.